The zero-order valence-corrected chi connectivity index (χ0v) is 17.3. The van der Waals surface area contributed by atoms with Gasteiger partial charge in [0.2, 0.25) is 0 Å². The Morgan fingerprint density at radius 3 is 2.27 bits per heavy atom. The first-order chi connectivity index (χ1) is 14.5. The molecule has 0 spiro atoms. The fourth-order valence-corrected chi connectivity index (χ4v) is 4.45. The smallest absolute Gasteiger partial charge is 0.404 e. The summed E-state index contributed by atoms with van der Waals surface area (Å²) in [5, 5.41) is 11.2. The van der Waals surface area contributed by atoms with Crippen molar-refractivity contribution in [3.63, 3.8) is 0 Å². The molecule has 0 bridgehead atoms. The number of rotatable bonds is 7. The summed E-state index contributed by atoms with van der Waals surface area (Å²) in [5.41, 5.74) is 3.50. The minimum atomic E-state index is -1.09. The van der Waals surface area contributed by atoms with Crippen LogP contribution in [0, 0.1) is 5.92 Å². The first-order valence-corrected chi connectivity index (χ1v) is 10.7. The third-order valence-electron chi connectivity index (χ3n) is 6.34. The number of nitrogens with zero attached hydrogens (tertiary/aromatic N) is 1. The SMILES string of the molecule is COc1ccc(C2CCC(C(=O)c3nc(CNC(=O)O)ccc3C3CC3)CC2)cc1. The number of carboxylic acid groups (broad SMARTS) is 1. The number of hydrogen-bond acceptors (Lipinski definition) is 4. The van der Waals surface area contributed by atoms with Gasteiger partial charge in [0.25, 0.3) is 0 Å². The number of carbonyl (C=O) groups excluding carboxylic acids is 1. The second kappa shape index (κ2) is 8.86. The van der Waals surface area contributed by atoms with Crippen LogP contribution >= 0.6 is 0 Å². The van der Waals surface area contributed by atoms with E-state index >= 15 is 0 Å². The number of hydrogen-bond donors (Lipinski definition) is 2. The number of carbonyl (C=O) groups is 2. The van der Waals surface area contributed by atoms with E-state index in [1.165, 1.54) is 5.56 Å². The van der Waals surface area contributed by atoms with Crippen LogP contribution in [-0.2, 0) is 6.54 Å². The van der Waals surface area contributed by atoms with E-state index < -0.39 is 6.09 Å². The standard InChI is InChI=1S/C24H28N2O4/c1-30-20-11-8-16(9-12-20)15-2-6-18(7-3-15)23(27)22-21(17-4-5-17)13-10-19(26-22)14-25-24(28)29/h8-13,15,17-18,25H,2-7,14H2,1H3,(H,28,29). The number of benzene rings is 1. The van der Waals surface area contributed by atoms with Gasteiger partial charge in [0.05, 0.1) is 19.3 Å². The summed E-state index contributed by atoms with van der Waals surface area (Å²) in [7, 11) is 1.67. The lowest BCUT2D eigenvalue weighted by molar-refractivity contribution is 0.0877. The first-order valence-electron chi connectivity index (χ1n) is 10.7. The lowest BCUT2D eigenvalue weighted by Gasteiger charge is -2.28. The van der Waals surface area contributed by atoms with Gasteiger partial charge in [-0.15, -0.1) is 0 Å². The Labute approximate surface area is 176 Å². The zero-order valence-electron chi connectivity index (χ0n) is 17.3. The van der Waals surface area contributed by atoms with Gasteiger partial charge in [-0.25, -0.2) is 9.78 Å². The Hall–Kier alpha value is -2.89. The van der Waals surface area contributed by atoms with E-state index in [9.17, 15) is 9.59 Å². The van der Waals surface area contributed by atoms with Crippen molar-refractivity contribution in [1.82, 2.24) is 10.3 Å². The molecule has 0 aliphatic heterocycles. The molecule has 158 valence electrons. The van der Waals surface area contributed by atoms with Crippen LogP contribution in [0.5, 0.6) is 5.75 Å². The highest BCUT2D eigenvalue weighted by molar-refractivity contribution is 5.97. The van der Waals surface area contributed by atoms with E-state index in [2.05, 4.69) is 22.4 Å². The minimum Gasteiger partial charge on any atom is -0.497 e. The molecule has 2 aliphatic rings. The van der Waals surface area contributed by atoms with Crippen molar-refractivity contribution in [1.29, 1.82) is 0 Å². The molecule has 1 aromatic carbocycles. The number of nitrogens with one attached hydrogen (secondary N) is 1. The maximum Gasteiger partial charge on any atom is 0.404 e. The third kappa shape index (κ3) is 4.64. The average Bonchev–Trinajstić information content (AvgIpc) is 3.62. The third-order valence-corrected chi connectivity index (χ3v) is 6.34. The molecular weight excluding hydrogens is 380 g/mol. The predicted molar refractivity (Wildman–Crippen MR) is 113 cm³/mol. The molecule has 1 aromatic heterocycles. The second-order valence-electron chi connectivity index (χ2n) is 8.36. The molecule has 0 saturated heterocycles. The summed E-state index contributed by atoms with van der Waals surface area (Å²) in [6, 6.07) is 12.0. The van der Waals surface area contributed by atoms with Crippen LogP contribution in [0.3, 0.4) is 0 Å². The molecule has 2 N–H and O–H groups in total. The Balaban J connectivity index is 1.45. The molecule has 1 amide bonds. The molecule has 30 heavy (non-hydrogen) atoms. The maximum absolute atomic E-state index is 13.4. The van der Waals surface area contributed by atoms with Crippen LogP contribution < -0.4 is 10.1 Å². The summed E-state index contributed by atoms with van der Waals surface area (Å²) in [4.78, 5) is 28.7. The summed E-state index contributed by atoms with van der Waals surface area (Å²) < 4.78 is 5.24. The van der Waals surface area contributed by atoms with E-state index in [0.717, 1.165) is 49.8 Å². The van der Waals surface area contributed by atoms with Crippen LogP contribution in [0.2, 0.25) is 0 Å². The highest BCUT2D eigenvalue weighted by Crippen LogP contribution is 2.43. The highest BCUT2D eigenvalue weighted by Gasteiger charge is 2.33. The van der Waals surface area contributed by atoms with Gasteiger partial charge >= 0.3 is 6.09 Å². The van der Waals surface area contributed by atoms with Crippen LogP contribution in [0.1, 0.15) is 77.7 Å². The molecule has 0 radical (unpaired) electrons. The van der Waals surface area contributed by atoms with Gasteiger partial charge in [-0.1, -0.05) is 18.2 Å². The highest BCUT2D eigenvalue weighted by atomic mass is 16.5. The molecule has 2 aliphatic carbocycles. The lowest BCUT2D eigenvalue weighted by Crippen LogP contribution is -2.25. The van der Waals surface area contributed by atoms with Gasteiger partial charge < -0.3 is 15.2 Å². The van der Waals surface area contributed by atoms with Gasteiger partial charge in [-0.3, -0.25) is 4.79 Å². The number of methoxy groups -OCH3 is 1. The Kier molecular flexibility index (Phi) is 6.02. The van der Waals surface area contributed by atoms with E-state index in [-0.39, 0.29) is 18.2 Å². The van der Waals surface area contributed by atoms with E-state index in [0.29, 0.717) is 23.2 Å². The molecule has 0 unspecified atom stereocenters. The maximum atomic E-state index is 13.4. The van der Waals surface area contributed by atoms with Crippen LogP contribution in [0.4, 0.5) is 4.79 Å². The molecular formula is C24H28N2O4. The molecule has 4 rings (SSSR count). The van der Waals surface area contributed by atoms with Crippen molar-refractivity contribution in [3.05, 3.63) is 58.9 Å². The molecule has 6 nitrogen and oxygen atoms in total. The average molecular weight is 408 g/mol. The summed E-state index contributed by atoms with van der Waals surface area (Å²) in [5.74, 6) is 1.88. The first kappa shape index (κ1) is 20.4. The number of pyridine rings is 1. The van der Waals surface area contributed by atoms with Crippen molar-refractivity contribution < 1.29 is 19.4 Å². The van der Waals surface area contributed by atoms with Gasteiger partial charge in [0, 0.05) is 5.92 Å². The minimum absolute atomic E-state index is 0.00724. The van der Waals surface area contributed by atoms with Gasteiger partial charge in [-0.2, -0.15) is 0 Å². The predicted octanol–water partition coefficient (Wildman–Crippen LogP) is 4.89. The van der Waals surface area contributed by atoms with E-state index in [4.69, 9.17) is 9.84 Å². The van der Waals surface area contributed by atoms with Crippen LogP contribution in [0.15, 0.2) is 36.4 Å². The van der Waals surface area contributed by atoms with Crippen LogP contribution in [0.25, 0.3) is 0 Å². The Bertz CT molecular complexity index is 913. The summed E-state index contributed by atoms with van der Waals surface area (Å²) in [6.45, 7) is 0.116. The molecule has 2 saturated carbocycles. The number of Topliss-reactive ketones (excluding diaryl/α,β-unsaturated/α-hetero) is 1. The van der Waals surface area contributed by atoms with Crippen molar-refractivity contribution in [2.75, 3.05) is 7.11 Å². The molecule has 6 heteroatoms. The van der Waals surface area contributed by atoms with E-state index in [1.54, 1.807) is 7.11 Å². The van der Waals surface area contributed by atoms with Crippen molar-refractivity contribution in [2.24, 2.45) is 5.92 Å². The van der Waals surface area contributed by atoms with Crippen molar-refractivity contribution >= 4 is 11.9 Å². The topological polar surface area (TPSA) is 88.5 Å². The summed E-state index contributed by atoms with van der Waals surface area (Å²) >= 11 is 0. The second-order valence-corrected chi connectivity index (χ2v) is 8.36. The molecule has 2 aromatic rings. The number of ketones is 1. The molecule has 2 fully saturated rings. The lowest BCUT2D eigenvalue weighted by atomic mass is 9.76. The van der Waals surface area contributed by atoms with E-state index in [1.807, 2.05) is 24.3 Å². The van der Waals surface area contributed by atoms with Crippen molar-refractivity contribution in [3.8, 4) is 5.75 Å². The van der Waals surface area contributed by atoms with Gasteiger partial charge in [-0.05, 0) is 79.7 Å². The molecule has 1 heterocycles. The summed E-state index contributed by atoms with van der Waals surface area (Å²) in [6.07, 6.45) is 4.80. The number of amides is 1. The van der Waals surface area contributed by atoms with Gasteiger partial charge in [0.1, 0.15) is 11.4 Å². The van der Waals surface area contributed by atoms with Gasteiger partial charge in [0.15, 0.2) is 5.78 Å². The normalized spacial score (nSPS) is 21.1. The fourth-order valence-electron chi connectivity index (χ4n) is 4.45. The Morgan fingerprint density at radius 2 is 1.67 bits per heavy atom. The van der Waals surface area contributed by atoms with Crippen molar-refractivity contribution in [2.45, 2.75) is 56.9 Å². The number of aromatic nitrogens is 1. The number of ether oxygens (including phenoxy) is 1. The fraction of sp³-hybridized carbons (Fsp3) is 0.458. The quantitative estimate of drug-likeness (QED) is 0.637. The Morgan fingerprint density at radius 1 is 1.00 bits per heavy atom. The largest absolute Gasteiger partial charge is 0.497 e. The zero-order chi connectivity index (χ0) is 21.1. The van der Waals surface area contributed by atoms with Crippen LogP contribution in [-0.4, -0.2) is 29.1 Å². The molecule has 0 atom stereocenters. The monoisotopic (exact) mass is 408 g/mol.